The van der Waals surface area contributed by atoms with Crippen LogP contribution in [0.1, 0.15) is 11.3 Å². The molecule has 1 aliphatic heterocycles. The summed E-state index contributed by atoms with van der Waals surface area (Å²) < 4.78 is 16.0. The van der Waals surface area contributed by atoms with Gasteiger partial charge in [-0.1, -0.05) is 35.5 Å². The number of benzene rings is 2. The maximum absolute atomic E-state index is 12.1. The summed E-state index contributed by atoms with van der Waals surface area (Å²) in [6.45, 7) is 0.717. The molecule has 0 spiro atoms. The van der Waals surface area contributed by atoms with Crippen molar-refractivity contribution < 1.29 is 18.8 Å². The minimum Gasteiger partial charge on any atom is -0.454 e. The standard InChI is InChI=1S/C19H16N2O4/c22-19(20-11-13-4-2-1-3-5-13)10-15-9-17(25-21-15)14-6-7-16-18(8-14)24-12-23-16/h1-9H,10-12H2,(H,20,22). The SMILES string of the molecule is O=C(Cc1cc(-c2ccc3c(c2)OCO3)on1)NCc1ccccc1. The molecule has 25 heavy (non-hydrogen) atoms. The predicted octanol–water partition coefficient (Wildman–Crippen LogP) is 2.93. The molecular weight excluding hydrogens is 320 g/mol. The molecule has 0 saturated carbocycles. The van der Waals surface area contributed by atoms with Crippen molar-refractivity contribution in [2.45, 2.75) is 13.0 Å². The Morgan fingerprint density at radius 2 is 1.88 bits per heavy atom. The monoisotopic (exact) mass is 336 g/mol. The number of fused-ring (bicyclic) bond motifs is 1. The highest BCUT2D eigenvalue weighted by molar-refractivity contribution is 5.78. The van der Waals surface area contributed by atoms with Crippen LogP contribution in [0.3, 0.4) is 0 Å². The van der Waals surface area contributed by atoms with Crippen LogP contribution in [0.5, 0.6) is 11.5 Å². The number of rotatable bonds is 5. The Kier molecular flexibility index (Phi) is 4.08. The minimum atomic E-state index is -0.102. The van der Waals surface area contributed by atoms with E-state index in [0.29, 0.717) is 29.5 Å². The highest BCUT2D eigenvalue weighted by atomic mass is 16.7. The van der Waals surface area contributed by atoms with E-state index < -0.39 is 0 Å². The molecule has 0 bridgehead atoms. The molecule has 0 saturated heterocycles. The zero-order valence-corrected chi connectivity index (χ0v) is 13.4. The molecule has 6 nitrogen and oxygen atoms in total. The summed E-state index contributed by atoms with van der Waals surface area (Å²) in [7, 11) is 0. The van der Waals surface area contributed by atoms with Crippen LogP contribution in [0, 0.1) is 0 Å². The molecule has 126 valence electrons. The van der Waals surface area contributed by atoms with Crippen molar-refractivity contribution in [2.24, 2.45) is 0 Å². The lowest BCUT2D eigenvalue weighted by molar-refractivity contribution is -0.120. The Morgan fingerprint density at radius 3 is 2.76 bits per heavy atom. The molecule has 1 aliphatic rings. The number of amides is 1. The van der Waals surface area contributed by atoms with Crippen LogP contribution < -0.4 is 14.8 Å². The minimum absolute atomic E-state index is 0.102. The van der Waals surface area contributed by atoms with E-state index in [-0.39, 0.29) is 19.1 Å². The van der Waals surface area contributed by atoms with Crippen molar-refractivity contribution in [3.05, 3.63) is 65.9 Å². The number of aromatic nitrogens is 1. The molecule has 0 atom stereocenters. The summed E-state index contributed by atoms with van der Waals surface area (Å²) in [5, 5.41) is 6.85. The number of nitrogens with one attached hydrogen (secondary N) is 1. The fourth-order valence-corrected chi connectivity index (χ4v) is 2.60. The summed E-state index contributed by atoms with van der Waals surface area (Å²) in [5.74, 6) is 1.87. The number of ether oxygens (including phenoxy) is 2. The van der Waals surface area contributed by atoms with Crippen molar-refractivity contribution in [2.75, 3.05) is 6.79 Å². The summed E-state index contributed by atoms with van der Waals surface area (Å²) >= 11 is 0. The summed E-state index contributed by atoms with van der Waals surface area (Å²) in [6, 6.07) is 17.1. The highest BCUT2D eigenvalue weighted by Gasteiger charge is 2.16. The number of hydrogen-bond acceptors (Lipinski definition) is 5. The molecule has 4 rings (SSSR count). The molecule has 6 heteroatoms. The fourth-order valence-electron chi connectivity index (χ4n) is 2.60. The molecule has 1 N–H and O–H groups in total. The average Bonchev–Trinajstić information content (AvgIpc) is 3.29. The Balaban J connectivity index is 1.39. The van der Waals surface area contributed by atoms with Crippen LogP contribution in [-0.2, 0) is 17.8 Å². The van der Waals surface area contributed by atoms with E-state index in [1.165, 1.54) is 0 Å². The van der Waals surface area contributed by atoms with Gasteiger partial charge < -0.3 is 19.3 Å². The van der Waals surface area contributed by atoms with Crippen molar-refractivity contribution in [1.82, 2.24) is 10.5 Å². The van der Waals surface area contributed by atoms with Crippen molar-refractivity contribution >= 4 is 5.91 Å². The molecular formula is C19H16N2O4. The van der Waals surface area contributed by atoms with E-state index >= 15 is 0 Å². The highest BCUT2D eigenvalue weighted by Crippen LogP contribution is 2.36. The fraction of sp³-hybridized carbons (Fsp3) is 0.158. The van der Waals surface area contributed by atoms with Gasteiger partial charge in [0.15, 0.2) is 17.3 Å². The van der Waals surface area contributed by atoms with E-state index in [9.17, 15) is 4.79 Å². The van der Waals surface area contributed by atoms with Gasteiger partial charge in [-0.3, -0.25) is 4.79 Å². The quantitative estimate of drug-likeness (QED) is 0.775. The van der Waals surface area contributed by atoms with E-state index in [4.69, 9.17) is 14.0 Å². The Hall–Kier alpha value is -3.28. The molecule has 0 aliphatic carbocycles. The number of carbonyl (C=O) groups is 1. The van der Waals surface area contributed by atoms with Gasteiger partial charge in [0.05, 0.1) is 12.1 Å². The maximum Gasteiger partial charge on any atom is 0.231 e. The summed E-state index contributed by atoms with van der Waals surface area (Å²) in [4.78, 5) is 12.1. The Morgan fingerprint density at radius 1 is 1.04 bits per heavy atom. The molecule has 2 heterocycles. The van der Waals surface area contributed by atoms with Crippen molar-refractivity contribution in [3.63, 3.8) is 0 Å². The van der Waals surface area contributed by atoms with E-state index in [1.54, 1.807) is 6.07 Å². The summed E-state index contributed by atoms with van der Waals surface area (Å²) in [6.07, 6.45) is 0.168. The molecule has 0 fully saturated rings. The van der Waals surface area contributed by atoms with Gasteiger partial charge in [-0.2, -0.15) is 0 Å². The molecule has 1 amide bonds. The number of carbonyl (C=O) groups excluding carboxylic acids is 1. The van der Waals surface area contributed by atoms with E-state index in [2.05, 4.69) is 10.5 Å². The first-order valence-corrected chi connectivity index (χ1v) is 7.94. The van der Waals surface area contributed by atoms with E-state index in [1.807, 2.05) is 48.5 Å². The largest absolute Gasteiger partial charge is 0.454 e. The summed E-state index contributed by atoms with van der Waals surface area (Å²) in [5.41, 5.74) is 2.46. The zero-order chi connectivity index (χ0) is 17.1. The van der Waals surface area contributed by atoms with Crippen LogP contribution in [0.2, 0.25) is 0 Å². The van der Waals surface area contributed by atoms with Gasteiger partial charge >= 0.3 is 0 Å². The zero-order valence-electron chi connectivity index (χ0n) is 13.4. The number of nitrogens with zero attached hydrogens (tertiary/aromatic N) is 1. The maximum atomic E-state index is 12.1. The second kappa shape index (κ2) is 6.68. The first-order chi connectivity index (χ1) is 12.3. The Labute approximate surface area is 144 Å². The van der Waals surface area contributed by atoms with Crippen LogP contribution >= 0.6 is 0 Å². The normalized spacial score (nSPS) is 12.2. The van der Waals surface area contributed by atoms with Gasteiger partial charge in [0.1, 0.15) is 0 Å². The van der Waals surface area contributed by atoms with Gasteiger partial charge in [-0.25, -0.2) is 0 Å². The Bertz CT molecular complexity index is 889. The smallest absolute Gasteiger partial charge is 0.231 e. The van der Waals surface area contributed by atoms with E-state index in [0.717, 1.165) is 11.1 Å². The lowest BCUT2D eigenvalue weighted by atomic mass is 10.1. The molecule has 0 unspecified atom stereocenters. The molecule has 1 aromatic heterocycles. The van der Waals surface area contributed by atoms with Gasteiger partial charge in [0.25, 0.3) is 0 Å². The first kappa shape index (κ1) is 15.3. The van der Waals surface area contributed by atoms with Gasteiger partial charge in [0, 0.05) is 18.2 Å². The first-order valence-electron chi connectivity index (χ1n) is 7.94. The van der Waals surface area contributed by atoms with Crippen molar-refractivity contribution in [3.8, 4) is 22.8 Å². The van der Waals surface area contributed by atoms with Gasteiger partial charge in [0.2, 0.25) is 12.7 Å². The lowest BCUT2D eigenvalue weighted by Gasteiger charge is -2.03. The van der Waals surface area contributed by atoms with Crippen LogP contribution in [0.15, 0.2) is 59.1 Å². The van der Waals surface area contributed by atoms with Gasteiger partial charge in [-0.05, 0) is 23.8 Å². The second-order valence-electron chi connectivity index (χ2n) is 5.69. The third kappa shape index (κ3) is 3.47. The topological polar surface area (TPSA) is 73.6 Å². The molecule has 3 aromatic rings. The number of hydrogen-bond donors (Lipinski definition) is 1. The third-order valence-corrected chi connectivity index (χ3v) is 3.89. The van der Waals surface area contributed by atoms with Crippen LogP contribution in [0.25, 0.3) is 11.3 Å². The molecule has 2 aromatic carbocycles. The molecule has 0 radical (unpaired) electrons. The van der Waals surface area contributed by atoms with Crippen LogP contribution in [0.4, 0.5) is 0 Å². The predicted molar refractivity (Wildman–Crippen MR) is 90.1 cm³/mol. The average molecular weight is 336 g/mol. The van der Waals surface area contributed by atoms with Crippen LogP contribution in [-0.4, -0.2) is 17.9 Å². The van der Waals surface area contributed by atoms with Crippen molar-refractivity contribution in [1.29, 1.82) is 0 Å². The van der Waals surface area contributed by atoms with Gasteiger partial charge in [-0.15, -0.1) is 0 Å². The second-order valence-corrected chi connectivity index (χ2v) is 5.69. The lowest BCUT2D eigenvalue weighted by Crippen LogP contribution is -2.24. The third-order valence-electron chi connectivity index (χ3n) is 3.89.